The maximum absolute atomic E-state index is 12.2. The molecule has 0 aliphatic heterocycles. The van der Waals surface area contributed by atoms with E-state index in [4.69, 9.17) is 9.47 Å². The minimum atomic E-state index is -4.35. The second kappa shape index (κ2) is 11.6. The van der Waals surface area contributed by atoms with Crippen molar-refractivity contribution < 1.29 is 22.6 Å². The highest BCUT2D eigenvalue weighted by Crippen LogP contribution is 2.19. The number of benzene rings is 1. The van der Waals surface area contributed by atoms with Gasteiger partial charge in [-0.05, 0) is 30.0 Å². The van der Waals surface area contributed by atoms with E-state index in [1.165, 1.54) is 6.07 Å². The molecule has 0 aliphatic carbocycles. The van der Waals surface area contributed by atoms with Crippen LogP contribution in [0.25, 0.3) is 0 Å². The molecule has 5 nitrogen and oxygen atoms in total. The van der Waals surface area contributed by atoms with Gasteiger partial charge in [0.15, 0.2) is 12.6 Å². The fraction of sp³-hybridized carbons (Fsp3) is 0.611. The van der Waals surface area contributed by atoms with Crippen molar-refractivity contribution in [1.82, 2.24) is 10.6 Å². The predicted molar refractivity (Wildman–Crippen MR) is 96.5 cm³/mol. The molecule has 2 N–H and O–H groups in total. The van der Waals surface area contributed by atoms with Gasteiger partial charge in [-0.1, -0.05) is 26.0 Å². The molecule has 0 bridgehead atoms. The molecule has 0 spiro atoms. The second-order valence-electron chi connectivity index (χ2n) is 6.20. The summed E-state index contributed by atoms with van der Waals surface area (Å²) in [4.78, 5) is 4.10. The van der Waals surface area contributed by atoms with Crippen LogP contribution in [0.5, 0.6) is 5.75 Å². The van der Waals surface area contributed by atoms with Crippen molar-refractivity contribution in [2.24, 2.45) is 10.9 Å². The van der Waals surface area contributed by atoms with Crippen molar-refractivity contribution in [1.29, 1.82) is 0 Å². The number of rotatable bonds is 10. The summed E-state index contributed by atoms with van der Waals surface area (Å²) < 4.78 is 46.9. The first-order valence-corrected chi connectivity index (χ1v) is 8.61. The minimum absolute atomic E-state index is 0.183. The van der Waals surface area contributed by atoms with Gasteiger partial charge in [0, 0.05) is 26.7 Å². The maximum Gasteiger partial charge on any atom is 0.422 e. The van der Waals surface area contributed by atoms with E-state index in [9.17, 15) is 13.2 Å². The average molecular weight is 375 g/mol. The largest absolute Gasteiger partial charge is 0.484 e. The molecule has 0 radical (unpaired) electrons. The van der Waals surface area contributed by atoms with E-state index in [-0.39, 0.29) is 5.75 Å². The van der Waals surface area contributed by atoms with Gasteiger partial charge in [0.2, 0.25) is 0 Å². The molecule has 0 unspecified atom stereocenters. The number of hydrogen-bond acceptors (Lipinski definition) is 3. The monoisotopic (exact) mass is 375 g/mol. The van der Waals surface area contributed by atoms with Crippen LogP contribution in [0.2, 0.25) is 0 Å². The summed E-state index contributed by atoms with van der Waals surface area (Å²) >= 11 is 0. The first-order chi connectivity index (χ1) is 12.3. The lowest BCUT2D eigenvalue weighted by Gasteiger charge is -2.13. The molecular weight excluding hydrogens is 347 g/mol. The van der Waals surface area contributed by atoms with Crippen molar-refractivity contribution in [2.45, 2.75) is 33.0 Å². The highest BCUT2D eigenvalue weighted by Gasteiger charge is 2.28. The molecule has 8 heteroatoms. The molecule has 0 saturated carbocycles. The third-order valence-electron chi connectivity index (χ3n) is 3.36. The molecule has 0 aromatic heterocycles. The first-order valence-electron chi connectivity index (χ1n) is 8.61. The third-order valence-corrected chi connectivity index (χ3v) is 3.36. The number of guanidine groups is 1. The quantitative estimate of drug-likeness (QED) is 0.374. The van der Waals surface area contributed by atoms with Crippen LogP contribution in [0.1, 0.15) is 25.8 Å². The van der Waals surface area contributed by atoms with Crippen molar-refractivity contribution in [2.75, 3.05) is 33.4 Å². The van der Waals surface area contributed by atoms with Crippen LogP contribution in [0.4, 0.5) is 13.2 Å². The topological polar surface area (TPSA) is 54.9 Å². The van der Waals surface area contributed by atoms with Crippen LogP contribution in [-0.2, 0) is 11.3 Å². The lowest BCUT2D eigenvalue weighted by atomic mass is 10.1. The highest BCUT2D eigenvalue weighted by molar-refractivity contribution is 5.79. The molecule has 0 amide bonds. The van der Waals surface area contributed by atoms with Gasteiger partial charge in [0.1, 0.15) is 5.75 Å². The fourth-order valence-corrected chi connectivity index (χ4v) is 1.98. The van der Waals surface area contributed by atoms with E-state index in [0.717, 1.165) is 18.6 Å². The number of halogens is 3. The zero-order valence-corrected chi connectivity index (χ0v) is 15.5. The van der Waals surface area contributed by atoms with Crippen LogP contribution in [0, 0.1) is 5.92 Å². The van der Waals surface area contributed by atoms with Gasteiger partial charge in [0.25, 0.3) is 0 Å². The van der Waals surface area contributed by atoms with Gasteiger partial charge >= 0.3 is 6.18 Å². The van der Waals surface area contributed by atoms with Crippen molar-refractivity contribution in [3.05, 3.63) is 29.8 Å². The van der Waals surface area contributed by atoms with Crippen LogP contribution in [0.15, 0.2) is 29.3 Å². The molecule has 1 aromatic rings. The van der Waals surface area contributed by atoms with E-state index in [2.05, 4.69) is 29.5 Å². The molecule has 0 heterocycles. The molecule has 0 fully saturated rings. The first kappa shape index (κ1) is 22.1. The Labute approximate surface area is 153 Å². The standard InChI is InChI=1S/C18H28F3N3O2/c1-14(2)7-9-25-10-8-23-17(22-3)24-12-15-5-4-6-16(11-15)26-13-18(19,20)21/h4-6,11,14H,7-10,12-13H2,1-3H3,(H2,22,23,24). The van der Waals surface area contributed by atoms with Gasteiger partial charge in [-0.25, -0.2) is 0 Å². The lowest BCUT2D eigenvalue weighted by molar-refractivity contribution is -0.153. The Balaban J connectivity index is 2.32. The van der Waals surface area contributed by atoms with Gasteiger partial charge in [0.05, 0.1) is 6.61 Å². The van der Waals surface area contributed by atoms with E-state index in [1.54, 1.807) is 25.2 Å². The van der Waals surface area contributed by atoms with Crippen LogP contribution in [0.3, 0.4) is 0 Å². The minimum Gasteiger partial charge on any atom is -0.484 e. The van der Waals surface area contributed by atoms with E-state index in [0.29, 0.717) is 31.6 Å². The van der Waals surface area contributed by atoms with Crippen LogP contribution in [-0.4, -0.2) is 45.5 Å². The number of nitrogens with zero attached hydrogens (tertiary/aromatic N) is 1. The predicted octanol–water partition coefficient (Wildman–Crippen LogP) is 3.36. The Kier molecular flexibility index (Phi) is 9.87. The van der Waals surface area contributed by atoms with Crippen molar-refractivity contribution in [3.63, 3.8) is 0 Å². The van der Waals surface area contributed by atoms with E-state index in [1.807, 2.05) is 0 Å². The summed E-state index contributed by atoms with van der Waals surface area (Å²) in [5, 5.41) is 6.22. The summed E-state index contributed by atoms with van der Waals surface area (Å²) in [5.41, 5.74) is 0.792. The zero-order valence-electron chi connectivity index (χ0n) is 15.5. The maximum atomic E-state index is 12.2. The van der Waals surface area contributed by atoms with Crippen LogP contribution < -0.4 is 15.4 Å². The SMILES string of the molecule is CN=C(NCCOCCC(C)C)NCc1cccc(OCC(F)(F)F)c1. The number of nitrogens with one attached hydrogen (secondary N) is 2. The smallest absolute Gasteiger partial charge is 0.422 e. The molecule has 148 valence electrons. The summed E-state index contributed by atoms with van der Waals surface area (Å²) in [7, 11) is 1.65. The van der Waals surface area contributed by atoms with E-state index < -0.39 is 12.8 Å². The molecule has 1 rings (SSSR count). The lowest BCUT2D eigenvalue weighted by Crippen LogP contribution is -2.38. The summed E-state index contributed by atoms with van der Waals surface area (Å²) in [5.74, 6) is 1.40. The number of ether oxygens (including phenoxy) is 2. The molecule has 0 atom stereocenters. The Morgan fingerprint density at radius 3 is 2.62 bits per heavy atom. The highest BCUT2D eigenvalue weighted by atomic mass is 19.4. The molecule has 1 aromatic carbocycles. The van der Waals surface area contributed by atoms with E-state index >= 15 is 0 Å². The fourth-order valence-electron chi connectivity index (χ4n) is 1.98. The second-order valence-corrected chi connectivity index (χ2v) is 6.20. The van der Waals surface area contributed by atoms with Crippen molar-refractivity contribution >= 4 is 5.96 Å². The summed E-state index contributed by atoms with van der Waals surface area (Å²) in [6.45, 7) is 5.34. The summed E-state index contributed by atoms with van der Waals surface area (Å²) in [6.07, 6.45) is -3.32. The number of aliphatic imine (C=N–C) groups is 1. The molecule has 0 aliphatic rings. The average Bonchev–Trinajstić information content (AvgIpc) is 2.58. The number of alkyl halides is 3. The normalized spacial score (nSPS) is 12.3. The number of hydrogen-bond donors (Lipinski definition) is 2. The van der Waals surface area contributed by atoms with Crippen LogP contribution >= 0.6 is 0 Å². The van der Waals surface area contributed by atoms with Gasteiger partial charge in [-0.3, -0.25) is 4.99 Å². The molecule has 26 heavy (non-hydrogen) atoms. The Bertz CT molecular complexity index is 549. The zero-order chi connectivity index (χ0) is 19.4. The third kappa shape index (κ3) is 10.8. The Hall–Kier alpha value is -1.96. The molecule has 0 saturated heterocycles. The Morgan fingerprint density at radius 2 is 1.96 bits per heavy atom. The van der Waals surface area contributed by atoms with Crippen molar-refractivity contribution in [3.8, 4) is 5.75 Å². The van der Waals surface area contributed by atoms with Gasteiger partial charge in [-0.2, -0.15) is 13.2 Å². The van der Waals surface area contributed by atoms with Gasteiger partial charge < -0.3 is 20.1 Å². The Morgan fingerprint density at radius 1 is 1.19 bits per heavy atom. The molecular formula is C18H28F3N3O2. The van der Waals surface area contributed by atoms with Gasteiger partial charge in [-0.15, -0.1) is 0 Å². The summed E-state index contributed by atoms with van der Waals surface area (Å²) in [6, 6.07) is 6.52.